The summed E-state index contributed by atoms with van der Waals surface area (Å²) in [5.41, 5.74) is 5.25. The summed E-state index contributed by atoms with van der Waals surface area (Å²) in [7, 11) is 0. The van der Waals surface area contributed by atoms with Crippen LogP contribution in [-0.4, -0.2) is 31.4 Å². The van der Waals surface area contributed by atoms with Crippen LogP contribution < -0.4 is 10.1 Å². The van der Waals surface area contributed by atoms with Gasteiger partial charge in [-0.05, 0) is 67.4 Å². The van der Waals surface area contributed by atoms with Crippen molar-refractivity contribution in [3.05, 3.63) is 99.5 Å². The second-order valence-electron chi connectivity index (χ2n) is 8.49. The first-order chi connectivity index (χ1) is 18.7. The van der Waals surface area contributed by atoms with Crippen LogP contribution in [0.25, 0.3) is 11.3 Å². The third kappa shape index (κ3) is 5.90. The molecule has 0 aliphatic heterocycles. The number of azo groups is 1. The van der Waals surface area contributed by atoms with E-state index in [4.69, 9.17) is 12.2 Å². The molecule has 2 aliphatic carbocycles. The average Bonchev–Trinajstić information content (AvgIpc) is 3.33. The number of nitro groups is 1. The van der Waals surface area contributed by atoms with Gasteiger partial charge in [-0.1, -0.05) is 35.1 Å². The number of fused-ring (bicyclic) bond motifs is 2. The Morgan fingerprint density at radius 2 is 1.92 bits per heavy atom. The van der Waals surface area contributed by atoms with Crippen LogP contribution in [0.3, 0.4) is 0 Å². The van der Waals surface area contributed by atoms with Crippen molar-refractivity contribution in [2.45, 2.75) is 25.6 Å². The highest BCUT2D eigenvalue weighted by Gasteiger charge is 2.31. The molecule has 0 saturated heterocycles. The van der Waals surface area contributed by atoms with E-state index in [1.54, 1.807) is 23.0 Å². The summed E-state index contributed by atoms with van der Waals surface area (Å²) in [6.45, 7) is 0. The van der Waals surface area contributed by atoms with Crippen LogP contribution in [0.2, 0.25) is 0 Å². The van der Waals surface area contributed by atoms with E-state index in [2.05, 4.69) is 30.6 Å². The van der Waals surface area contributed by atoms with Gasteiger partial charge >= 0.3 is 6.36 Å². The van der Waals surface area contributed by atoms with E-state index in [9.17, 15) is 23.3 Å². The largest absolute Gasteiger partial charge is 0.573 e. The van der Waals surface area contributed by atoms with Crippen molar-refractivity contribution in [1.82, 2.24) is 15.0 Å². The van der Waals surface area contributed by atoms with Crippen molar-refractivity contribution in [2.75, 3.05) is 5.32 Å². The van der Waals surface area contributed by atoms with Gasteiger partial charge in [-0.15, -0.1) is 23.4 Å². The molecule has 0 radical (unpaired) electrons. The van der Waals surface area contributed by atoms with Crippen molar-refractivity contribution in [3.8, 4) is 11.4 Å². The monoisotopic (exact) mass is 553 g/mol. The quantitative estimate of drug-likeness (QED) is 0.166. The maximum atomic E-state index is 12.4. The molecule has 2 aromatic carbocycles. The van der Waals surface area contributed by atoms with Gasteiger partial charge < -0.3 is 10.1 Å². The Morgan fingerprint density at radius 3 is 2.67 bits per heavy atom. The Hall–Kier alpha value is -4.72. The number of alkyl halides is 3. The molecule has 10 nitrogen and oxygen atoms in total. The minimum atomic E-state index is -4.76. The van der Waals surface area contributed by atoms with Gasteiger partial charge in [0.25, 0.3) is 5.69 Å². The molecule has 198 valence electrons. The fourth-order valence-electron chi connectivity index (χ4n) is 4.30. The van der Waals surface area contributed by atoms with Gasteiger partial charge in [0.2, 0.25) is 5.11 Å². The molecule has 0 spiro atoms. The number of ether oxygens (including phenoxy) is 1. The molecule has 39 heavy (non-hydrogen) atoms. The molecule has 3 aromatic rings. The Balaban J connectivity index is 1.26. The molecule has 1 N–H and O–H groups in total. The molecule has 2 aliphatic rings. The number of nitrogens with one attached hydrogen (secondary N) is 1. The highest BCUT2D eigenvalue weighted by molar-refractivity contribution is 7.80. The zero-order valence-electron chi connectivity index (χ0n) is 19.9. The zero-order chi connectivity index (χ0) is 27.6. The molecule has 0 saturated carbocycles. The Kier molecular flexibility index (Phi) is 7.02. The lowest BCUT2D eigenvalue weighted by Crippen LogP contribution is -2.17. The van der Waals surface area contributed by atoms with E-state index in [0.717, 1.165) is 34.5 Å². The number of nitro benzene ring substituents is 1. The van der Waals surface area contributed by atoms with Crippen molar-refractivity contribution in [2.24, 2.45) is 10.2 Å². The summed E-state index contributed by atoms with van der Waals surface area (Å²) >= 11 is 5.13. The number of thiocarbonyl (C=S) groups is 1. The van der Waals surface area contributed by atoms with Gasteiger partial charge in [-0.3, -0.25) is 10.1 Å². The molecule has 0 bridgehead atoms. The van der Waals surface area contributed by atoms with Gasteiger partial charge in [0.15, 0.2) is 0 Å². The number of para-hydroxylation sites is 2. The second kappa shape index (κ2) is 10.6. The Labute approximate surface area is 224 Å². The summed E-state index contributed by atoms with van der Waals surface area (Å²) < 4.78 is 42.9. The first kappa shape index (κ1) is 25.9. The fraction of sp³-hybridized carbons (Fsp3) is 0.160. The number of anilines is 1. The first-order valence-corrected chi connectivity index (χ1v) is 11.9. The lowest BCUT2D eigenvalue weighted by Gasteiger charge is -2.22. The fourth-order valence-corrected chi connectivity index (χ4v) is 4.46. The predicted molar refractivity (Wildman–Crippen MR) is 139 cm³/mol. The molecule has 0 atom stereocenters. The second-order valence-corrected chi connectivity index (χ2v) is 8.88. The van der Waals surface area contributed by atoms with E-state index in [0.29, 0.717) is 18.5 Å². The van der Waals surface area contributed by atoms with Crippen LogP contribution in [-0.2, 0) is 6.42 Å². The molecule has 0 fully saturated rings. The molecule has 0 amide bonds. The topological polar surface area (TPSA) is 120 Å². The number of allylic oxidation sites excluding steroid dienone is 5. The first-order valence-electron chi connectivity index (χ1n) is 11.5. The minimum absolute atomic E-state index is 0.0160. The van der Waals surface area contributed by atoms with E-state index in [1.807, 2.05) is 12.2 Å². The van der Waals surface area contributed by atoms with E-state index in [1.165, 1.54) is 36.4 Å². The number of hydrogen-bond acceptors (Lipinski definition) is 7. The number of halogens is 3. The minimum Gasteiger partial charge on any atom is -0.406 e. The van der Waals surface area contributed by atoms with Gasteiger partial charge in [0.1, 0.15) is 17.1 Å². The lowest BCUT2D eigenvalue weighted by molar-refractivity contribution is -0.383. The number of nitrogens with zero attached hydrogens (tertiary/aromatic N) is 6. The van der Waals surface area contributed by atoms with E-state index in [-0.39, 0.29) is 22.2 Å². The molecule has 5 rings (SSSR count). The molecular formula is C25H18F3N7O3S. The highest BCUT2D eigenvalue weighted by atomic mass is 32.1. The summed E-state index contributed by atoms with van der Waals surface area (Å²) in [5.74, 6) is -0.310. The van der Waals surface area contributed by atoms with E-state index < -0.39 is 11.3 Å². The van der Waals surface area contributed by atoms with Crippen molar-refractivity contribution >= 4 is 34.3 Å². The van der Waals surface area contributed by atoms with Gasteiger partial charge in [0, 0.05) is 11.6 Å². The maximum absolute atomic E-state index is 12.4. The molecule has 0 unspecified atom stereocenters. The van der Waals surface area contributed by atoms with Gasteiger partial charge in [-0.25, -0.2) is 4.68 Å². The molecule has 14 heteroatoms. The van der Waals surface area contributed by atoms with Gasteiger partial charge in [0.05, 0.1) is 22.5 Å². The molecule has 1 heterocycles. The van der Waals surface area contributed by atoms with Crippen molar-refractivity contribution < 1.29 is 22.8 Å². The number of rotatable bonds is 5. The lowest BCUT2D eigenvalue weighted by atomic mass is 9.84. The van der Waals surface area contributed by atoms with Crippen molar-refractivity contribution in [1.29, 1.82) is 0 Å². The van der Waals surface area contributed by atoms with Crippen LogP contribution in [0.4, 0.5) is 24.5 Å². The SMILES string of the molecule is O=[N+]([O-])c1ccccc1NC(=S)N=N/C=C1\C=CC2=C(CCc3c2nnn3-c2ccc(OC(F)(F)F)cc2)C1. The van der Waals surface area contributed by atoms with Crippen molar-refractivity contribution in [3.63, 3.8) is 0 Å². The number of aromatic nitrogens is 3. The van der Waals surface area contributed by atoms with E-state index >= 15 is 0 Å². The third-order valence-corrected chi connectivity index (χ3v) is 6.16. The third-order valence-electron chi connectivity index (χ3n) is 5.97. The van der Waals surface area contributed by atoms with Gasteiger partial charge in [-0.2, -0.15) is 5.11 Å². The average molecular weight is 554 g/mol. The zero-order valence-corrected chi connectivity index (χ0v) is 20.7. The smallest absolute Gasteiger partial charge is 0.406 e. The number of hydrogen-bond donors (Lipinski definition) is 1. The summed E-state index contributed by atoms with van der Waals surface area (Å²) in [4.78, 5) is 10.6. The van der Waals surface area contributed by atoms with Crippen LogP contribution in [0.1, 0.15) is 24.2 Å². The summed E-state index contributed by atoms with van der Waals surface area (Å²) in [6.07, 6.45) is 2.62. The normalized spacial score (nSPS) is 15.8. The molecule has 1 aromatic heterocycles. The van der Waals surface area contributed by atoms with Crippen LogP contribution in [0, 0.1) is 10.1 Å². The Morgan fingerprint density at radius 1 is 1.15 bits per heavy atom. The predicted octanol–water partition coefficient (Wildman–Crippen LogP) is 6.47. The number of benzene rings is 2. The summed E-state index contributed by atoms with van der Waals surface area (Å²) in [6, 6.07) is 11.6. The Bertz CT molecular complexity index is 1570. The van der Waals surface area contributed by atoms with Crippen LogP contribution >= 0.6 is 12.2 Å². The van der Waals surface area contributed by atoms with Crippen LogP contribution in [0.5, 0.6) is 5.75 Å². The molecular weight excluding hydrogens is 535 g/mol. The highest BCUT2D eigenvalue weighted by Crippen LogP contribution is 2.38. The standard InChI is InChI=1S/C25H18F3N7O3S/c26-25(27,28)38-18-9-7-17(8-10-18)34-22-12-6-16-13-15(5-11-19(16)23(22)31-33-34)14-29-32-24(39)30-20-3-1-2-4-21(20)35(36)37/h1-5,7-11,14H,6,12-13H2,(H,30,39)/b15-14+,32-29?. The van der Waals surface area contributed by atoms with Crippen LogP contribution in [0.15, 0.2) is 88.3 Å². The maximum Gasteiger partial charge on any atom is 0.573 e. The summed E-state index contributed by atoms with van der Waals surface area (Å²) in [5, 5.41) is 30.3.